The van der Waals surface area contributed by atoms with Crippen LogP contribution in [0.2, 0.25) is 0 Å². The van der Waals surface area contributed by atoms with E-state index in [1.807, 2.05) is 14.0 Å². The minimum absolute atomic E-state index is 0.145. The van der Waals surface area contributed by atoms with Crippen molar-refractivity contribution >= 4 is 10.0 Å². The molecule has 20 heavy (non-hydrogen) atoms. The van der Waals surface area contributed by atoms with E-state index in [9.17, 15) is 8.42 Å². The van der Waals surface area contributed by atoms with Crippen molar-refractivity contribution in [1.29, 1.82) is 0 Å². The summed E-state index contributed by atoms with van der Waals surface area (Å²) in [6, 6.07) is 1.80. The van der Waals surface area contributed by atoms with Crippen LogP contribution in [0.4, 0.5) is 0 Å². The number of sulfonamides is 1. The molecule has 0 unspecified atom stereocenters. The predicted molar refractivity (Wildman–Crippen MR) is 78.0 cm³/mol. The Labute approximate surface area is 121 Å². The number of nitrogens with zero attached hydrogens (tertiary/aromatic N) is 1. The van der Waals surface area contributed by atoms with E-state index < -0.39 is 10.0 Å². The minimum Gasteiger partial charge on any atom is -0.464 e. The second kappa shape index (κ2) is 6.28. The maximum Gasteiger partial charge on any atom is 0.246 e. The molecular formula is C14H24N2O3S. The molecule has 0 aliphatic heterocycles. The third kappa shape index (κ3) is 2.92. The van der Waals surface area contributed by atoms with Gasteiger partial charge in [-0.2, -0.15) is 4.31 Å². The summed E-state index contributed by atoms with van der Waals surface area (Å²) >= 11 is 0. The summed E-state index contributed by atoms with van der Waals surface area (Å²) in [5, 5.41) is 2.97. The number of hydrogen-bond acceptors (Lipinski definition) is 4. The van der Waals surface area contributed by atoms with E-state index >= 15 is 0 Å². The van der Waals surface area contributed by atoms with Crippen LogP contribution in [0, 0.1) is 6.92 Å². The molecule has 1 saturated carbocycles. The zero-order valence-corrected chi connectivity index (χ0v) is 13.3. The molecule has 1 aliphatic rings. The highest BCUT2D eigenvalue weighted by Gasteiger charge is 2.34. The number of furan rings is 1. The summed E-state index contributed by atoms with van der Waals surface area (Å²) < 4.78 is 32.8. The summed E-state index contributed by atoms with van der Waals surface area (Å²) in [5.41, 5.74) is 0. The zero-order valence-electron chi connectivity index (χ0n) is 12.5. The van der Waals surface area contributed by atoms with Gasteiger partial charge in [0.1, 0.15) is 16.4 Å². The third-order valence-corrected chi connectivity index (χ3v) is 6.04. The van der Waals surface area contributed by atoms with Crippen molar-refractivity contribution in [3.8, 4) is 0 Å². The molecule has 1 aromatic heterocycles. The quantitative estimate of drug-likeness (QED) is 0.875. The first kappa shape index (κ1) is 15.5. The fourth-order valence-electron chi connectivity index (χ4n) is 2.98. The Morgan fingerprint density at radius 2 is 2.05 bits per heavy atom. The standard InChI is InChI=1S/C14H24N2O3S/c1-4-16(12-7-5-6-8-12)20(17,18)14-9-13(10-15-3)19-11(14)2/h9,12,15H,4-8,10H2,1-3H3. The highest BCUT2D eigenvalue weighted by Crippen LogP contribution is 2.30. The van der Waals surface area contributed by atoms with Crippen LogP contribution in [0.15, 0.2) is 15.4 Å². The molecule has 6 heteroatoms. The van der Waals surface area contributed by atoms with Crippen LogP contribution in [0.1, 0.15) is 44.1 Å². The van der Waals surface area contributed by atoms with E-state index in [-0.39, 0.29) is 6.04 Å². The Morgan fingerprint density at radius 1 is 1.40 bits per heavy atom. The lowest BCUT2D eigenvalue weighted by atomic mass is 10.2. The second-order valence-corrected chi connectivity index (χ2v) is 7.17. The van der Waals surface area contributed by atoms with Crippen LogP contribution in [0.5, 0.6) is 0 Å². The van der Waals surface area contributed by atoms with E-state index in [0.717, 1.165) is 25.7 Å². The first-order chi connectivity index (χ1) is 9.50. The molecule has 0 atom stereocenters. The number of nitrogens with one attached hydrogen (secondary N) is 1. The van der Waals surface area contributed by atoms with E-state index in [1.54, 1.807) is 17.3 Å². The highest BCUT2D eigenvalue weighted by atomic mass is 32.2. The van der Waals surface area contributed by atoms with Crippen molar-refractivity contribution in [2.45, 2.75) is 57.0 Å². The monoisotopic (exact) mass is 300 g/mol. The summed E-state index contributed by atoms with van der Waals surface area (Å²) in [5.74, 6) is 1.14. The van der Waals surface area contributed by atoms with Gasteiger partial charge in [-0.25, -0.2) is 8.42 Å². The van der Waals surface area contributed by atoms with Gasteiger partial charge in [-0.1, -0.05) is 19.8 Å². The Hall–Kier alpha value is -0.850. The average molecular weight is 300 g/mol. The molecule has 1 aliphatic carbocycles. The van der Waals surface area contributed by atoms with Crippen molar-refractivity contribution < 1.29 is 12.8 Å². The van der Waals surface area contributed by atoms with Crippen LogP contribution >= 0.6 is 0 Å². The summed E-state index contributed by atoms with van der Waals surface area (Å²) in [7, 11) is -1.64. The average Bonchev–Trinajstić information content (AvgIpc) is 3.00. The van der Waals surface area contributed by atoms with Crippen molar-refractivity contribution in [2.75, 3.05) is 13.6 Å². The van der Waals surface area contributed by atoms with E-state index in [1.165, 1.54) is 0 Å². The van der Waals surface area contributed by atoms with Crippen LogP contribution in [0.25, 0.3) is 0 Å². The summed E-state index contributed by atoms with van der Waals surface area (Å²) in [6.07, 6.45) is 4.17. The van der Waals surface area contributed by atoms with Gasteiger partial charge in [-0.15, -0.1) is 0 Å². The molecule has 0 saturated heterocycles. The second-order valence-electron chi connectivity index (χ2n) is 5.31. The lowest BCUT2D eigenvalue weighted by Gasteiger charge is -2.26. The van der Waals surface area contributed by atoms with Gasteiger partial charge in [0.2, 0.25) is 10.0 Å². The van der Waals surface area contributed by atoms with Gasteiger partial charge in [-0.05, 0) is 26.8 Å². The molecule has 0 spiro atoms. The lowest BCUT2D eigenvalue weighted by molar-refractivity contribution is 0.334. The first-order valence-electron chi connectivity index (χ1n) is 7.26. The van der Waals surface area contributed by atoms with Crippen LogP contribution < -0.4 is 5.32 Å². The number of hydrogen-bond donors (Lipinski definition) is 1. The van der Waals surface area contributed by atoms with Crippen LogP contribution in [-0.4, -0.2) is 32.4 Å². The fraction of sp³-hybridized carbons (Fsp3) is 0.714. The molecule has 5 nitrogen and oxygen atoms in total. The minimum atomic E-state index is -3.45. The lowest BCUT2D eigenvalue weighted by Crippen LogP contribution is -2.38. The van der Waals surface area contributed by atoms with Gasteiger partial charge in [0.05, 0.1) is 6.54 Å². The number of rotatable bonds is 6. The molecule has 2 rings (SSSR count). The first-order valence-corrected chi connectivity index (χ1v) is 8.70. The molecule has 1 heterocycles. The van der Waals surface area contributed by atoms with Crippen molar-refractivity contribution in [3.05, 3.63) is 17.6 Å². The van der Waals surface area contributed by atoms with Crippen molar-refractivity contribution in [3.63, 3.8) is 0 Å². The van der Waals surface area contributed by atoms with E-state index in [2.05, 4.69) is 5.32 Å². The summed E-state index contributed by atoms with van der Waals surface area (Å²) in [6.45, 7) is 4.67. The Balaban J connectivity index is 2.32. The van der Waals surface area contributed by atoms with Gasteiger partial charge in [0.25, 0.3) is 0 Å². The zero-order chi connectivity index (χ0) is 14.8. The topological polar surface area (TPSA) is 62.6 Å². The van der Waals surface area contributed by atoms with Gasteiger partial charge >= 0.3 is 0 Å². The van der Waals surface area contributed by atoms with Gasteiger partial charge < -0.3 is 9.73 Å². The van der Waals surface area contributed by atoms with Crippen molar-refractivity contribution in [2.24, 2.45) is 0 Å². The molecule has 1 fully saturated rings. The van der Waals surface area contributed by atoms with E-state index in [0.29, 0.717) is 29.5 Å². The Morgan fingerprint density at radius 3 is 2.60 bits per heavy atom. The predicted octanol–water partition coefficient (Wildman–Crippen LogP) is 2.26. The van der Waals surface area contributed by atoms with Gasteiger partial charge in [0, 0.05) is 18.7 Å². The smallest absolute Gasteiger partial charge is 0.246 e. The molecule has 0 radical (unpaired) electrons. The highest BCUT2D eigenvalue weighted by molar-refractivity contribution is 7.89. The van der Waals surface area contributed by atoms with E-state index in [4.69, 9.17) is 4.42 Å². The molecular weight excluding hydrogens is 276 g/mol. The van der Waals surface area contributed by atoms with Crippen LogP contribution in [-0.2, 0) is 16.6 Å². The normalized spacial score (nSPS) is 17.2. The molecule has 1 N–H and O–H groups in total. The maximum atomic E-state index is 12.8. The SMILES string of the molecule is CCN(C1CCCC1)S(=O)(=O)c1cc(CNC)oc1C. The Bertz CT molecular complexity index is 545. The third-order valence-electron chi connectivity index (χ3n) is 3.90. The summed E-state index contributed by atoms with van der Waals surface area (Å²) in [4.78, 5) is 0.316. The maximum absolute atomic E-state index is 12.8. The molecule has 1 aromatic rings. The molecule has 0 bridgehead atoms. The molecule has 114 valence electrons. The Kier molecular flexibility index (Phi) is 4.88. The largest absolute Gasteiger partial charge is 0.464 e. The molecule has 0 amide bonds. The van der Waals surface area contributed by atoms with Gasteiger partial charge in [0.15, 0.2) is 0 Å². The molecule has 0 aromatic carbocycles. The van der Waals surface area contributed by atoms with Crippen LogP contribution in [0.3, 0.4) is 0 Å². The van der Waals surface area contributed by atoms with Gasteiger partial charge in [-0.3, -0.25) is 0 Å². The van der Waals surface area contributed by atoms with Crippen molar-refractivity contribution in [1.82, 2.24) is 9.62 Å². The fourth-order valence-corrected chi connectivity index (χ4v) is 4.87. The number of aryl methyl sites for hydroxylation is 1.